The number of ether oxygens (including phenoxy) is 2. The van der Waals surface area contributed by atoms with Crippen molar-refractivity contribution in [1.82, 2.24) is 0 Å². The van der Waals surface area contributed by atoms with Gasteiger partial charge in [-0.3, -0.25) is 0 Å². The SMILES string of the molecule is O[C@H]1[C@H](O)COC(OCc2ccccc2)[C@@H]1O. The van der Waals surface area contributed by atoms with E-state index in [1.165, 1.54) is 0 Å². The lowest BCUT2D eigenvalue weighted by Gasteiger charge is -2.34. The molecule has 3 N–H and O–H groups in total. The minimum Gasteiger partial charge on any atom is -0.388 e. The summed E-state index contributed by atoms with van der Waals surface area (Å²) in [7, 11) is 0. The highest BCUT2D eigenvalue weighted by atomic mass is 16.7. The van der Waals surface area contributed by atoms with E-state index in [4.69, 9.17) is 9.47 Å². The number of benzene rings is 1. The highest BCUT2D eigenvalue weighted by molar-refractivity contribution is 5.13. The van der Waals surface area contributed by atoms with Gasteiger partial charge in [0.05, 0.1) is 13.2 Å². The van der Waals surface area contributed by atoms with Crippen LogP contribution in [0.4, 0.5) is 0 Å². The van der Waals surface area contributed by atoms with Crippen LogP contribution < -0.4 is 0 Å². The van der Waals surface area contributed by atoms with Gasteiger partial charge in [-0.25, -0.2) is 0 Å². The zero-order valence-corrected chi connectivity index (χ0v) is 9.27. The first kappa shape index (κ1) is 12.5. The second-order valence-electron chi connectivity index (χ2n) is 4.05. The van der Waals surface area contributed by atoms with E-state index in [0.717, 1.165) is 5.56 Å². The molecule has 17 heavy (non-hydrogen) atoms. The molecule has 5 heteroatoms. The van der Waals surface area contributed by atoms with Gasteiger partial charge in [0.2, 0.25) is 0 Å². The van der Waals surface area contributed by atoms with Crippen LogP contribution in [-0.2, 0) is 16.1 Å². The molecule has 1 unspecified atom stereocenters. The van der Waals surface area contributed by atoms with Gasteiger partial charge in [0.15, 0.2) is 6.29 Å². The molecular weight excluding hydrogens is 224 g/mol. The van der Waals surface area contributed by atoms with Crippen molar-refractivity contribution in [1.29, 1.82) is 0 Å². The average molecular weight is 240 g/mol. The molecule has 1 heterocycles. The first-order valence-corrected chi connectivity index (χ1v) is 5.50. The summed E-state index contributed by atoms with van der Waals surface area (Å²) in [6.07, 6.45) is -4.44. The van der Waals surface area contributed by atoms with E-state index in [1.807, 2.05) is 30.3 Å². The topological polar surface area (TPSA) is 79.2 Å². The average Bonchev–Trinajstić information content (AvgIpc) is 2.36. The molecule has 0 bridgehead atoms. The molecular formula is C12H16O5. The first-order chi connectivity index (χ1) is 8.18. The molecule has 1 aromatic carbocycles. The third-order valence-corrected chi connectivity index (χ3v) is 2.71. The third-order valence-electron chi connectivity index (χ3n) is 2.71. The molecule has 1 saturated heterocycles. The fourth-order valence-electron chi connectivity index (χ4n) is 1.68. The van der Waals surface area contributed by atoms with E-state index in [1.54, 1.807) is 0 Å². The van der Waals surface area contributed by atoms with Crippen molar-refractivity contribution in [3.05, 3.63) is 35.9 Å². The number of rotatable bonds is 3. The lowest BCUT2D eigenvalue weighted by Crippen LogP contribution is -2.53. The van der Waals surface area contributed by atoms with Crippen LogP contribution in [0.3, 0.4) is 0 Å². The van der Waals surface area contributed by atoms with Gasteiger partial charge in [0, 0.05) is 0 Å². The van der Waals surface area contributed by atoms with Crippen molar-refractivity contribution < 1.29 is 24.8 Å². The van der Waals surface area contributed by atoms with Crippen molar-refractivity contribution in [3.8, 4) is 0 Å². The molecule has 0 saturated carbocycles. The Bertz CT molecular complexity index is 342. The van der Waals surface area contributed by atoms with Gasteiger partial charge in [0.1, 0.15) is 18.3 Å². The molecule has 94 valence electrons. The second kappa shape index (κ2) is 5.57. The summed E-state index contributed by atoms with van der Waals surface area (Å²) in [5.74, 6) is 0. The fourth-order valence-corrected chi connectivity index (χ4v) is 1.68. The predicted octanol–water partition coefficient (Wildman–Crippen LogP) is -0.358. The van der Waals surface area contributed by atoms with Crippen LogP contribution in [0.5, 0.6) is 0 Å². The minimum atomic E-state index is -1.23. The summed E-state index contributed by atoms with van der Waals surface area (Å²) in [6, 6.07) is 9.45. The Labute approximate surface area is 99.2 Å². The summed E-state index contributed by atoms with van der Waals surface area (Å²) < 4.78 is 10.5. The molecule has 1 aliphatic heterocycles. The van der Waals surface area contributed by atoms with Crippen LogP contribution in [0.2, 0.25) is 0 Å². The van der Waals surface area contributed by atoms with Crippen LogP contribution in [0.1, 0.15) is 5.56 Å². The fraction of sp³-hybridized carbons (Fsp3) is 0.500. The van der Waals surface area contributed by atoms with Gasteiger partial charge in [-0.15, -0.1) is 0 Å². The molecule has 0 amide bonds. The number of hydrogen-bond acceptors (Lipinski definition) is 5. The Balaban J connectivity index is 1.87. The quantitative estimate of drug-likeness (QED) is 0.672. The van der Waals surface area contributed by atoms with E-state index >= 15 is 0 Å². The number of aliphatic hydroxyl groups excluding tert-OH is 3. The molecule has 2 rings (SSSR count). The van der Waals surface area contributed by atoms with Crippen molar-refractivity contribution in [3.63, 3.8) is 0 Å². The van der Waals surface area contributed by atoms with E-state index in [0.29, 0.717) is 0 Å². The Kier molecular flexibility index (Phi) is 4.09. The maximum absolute atomic E-state index is 9.63. The van der Waals surface area contributed by atoms with Crippen molar-refractivity contribution in [2.24, 2.45) is 0 Å². The lowest BCUT2D eigenvalue weighted by atomic mass is 10.1. The Morgan fingerprint density at radius 3 is 2.53 bits per heavy atom. The van der Waals surface area contributed by atoms with Gasteiger partial charge in [0.25, 0.3) is 0 Å². The highest BCUT2D eigenvalue weighted by Crippen LogP contribution is 2.17. The third kappa shape index (κ3) is 3.02. The first-order valence-electron chi connectivity index (χ1n) is 5.50. The van der Waals surface area contributed by atoms with Gasteiger partial charge < -0.3 is 24.8 Å². The molecule has 1 aromatic rings. The second-order valence-corrected chi connectivity index (χ2v) is 4.05. The molecule has 0 radical (unpaired) electrons. The molecule has 0 aliphatic carbocycles. The molecule has 4 atom stereocenters. The highest BCUT2D eigenvalue weighted by Gasteiger charge is 2.38. The van der Waals surface area contributed by atoms with Crippen molar-refractivity contribution >= 4 is 0 Å². The zero-order valence-electron chi connectivity index (χ0n) is 9.27. The van der Waals surface area contributed by atoms with Crippen LogP contribution in [-0.4, -0.2) is 46.5 Å². The maximum atomic E-state index is 9.63. The normalized spacial score (nSPS) is 33.6. The van der Waals surface area contributed by atoms with Crippen LogP contribution in [0.15, 0.2) is 30.3 Å². The summed E-state index contributed by atoms with van der Waals surface area (Å²) >= 11 is 0. The summed E-state index contributed by atoms with van der Waals surface area (Å²) in [5.41, 5.74) is 0.948. The van der Waals surface area contributed by atoms with Gasteiger partial charge in [-0.1, -0.05) is 30.3 Å². The molecule has 1 fully saturated rings. The van der Waals surface area contributed by atoms with E-state index in [2.05, 4.69) is 0 Å². The number of hydrogen-bond donors (Lipinski definition) is 3. The van der Waals surface area contributed by atoms with E-state index in [9.17, 15) is 15.3 Å². The molecule has 5 nitrogen and oxygen atoms in total. The van der Waals surface area contributed by atoms with Gasteiger partial charge in [-0.2, -0.15) is 0 Å². The largest absolute Gasteiger partial charge is 0.388 e. The van der Waals surface area contributed by atoms with Crippen molar-refractivity contribution in [2.75, 3.05) is 6.61 Å². The Morgan fingerprint density at radius 1 is 1.12 bits per heavy atom. The van der Waals surface area contributed by atoms with Crippen molar-refractivity contribution in [2.45, 2.75) is 31.2 Å². The van der Waals surface area contributed by atoms with Gasteiger partial charge in [-0.05, 0) is 5.56 Å². The van der Waals surface area contributed by atoms with Gasteiger partial charge >= 0.3 is 0 Å². The smallest absolute Gasteiger partial charge is 0.186 e. The molecule has 1 aliphatic rings. The Morgan fingerprint density at radius 2 is 1.82 bits per heavy atom. The van der Waals surface area contributed by atoms with E-state index < -0.39 is 24.6 Å². The Hall–Kier alpha value is -0.980. The summed E-state index contributed by atoms with van der Waals surface area (Å²) in [6.45, 7) is 0.239. The predicted molar refractivity (Wildman–Crippen MR) is 59.0 cm³/mol. The number of aliphatic hydroxyl groups is 3. The monoisotopic (exact) mass is 240 g/mol. The van der Waals surface area contributed by atoms with E-state index in [-0.39, 0.29) is 13.2 Å². The summed E-state index contributed by atoms with van der Waals surface area (Å²) in [4.78, 5) is 0. The summed E-state index contributed by atoms with van der Waals surface area (Å²) in [5, 5.41) is 28.3. The minimum absolute atomic E-state index is 0.0440. The maximum Gasteiger partial charge on any atom is 0.186 e. The standard InChI is InChI=1S/C12H16O5/c13-9-7-17-12(11(15)10(9)14)16-6-8-4-2-1-3-5-8/h1-5,9-15H,6-7H2/t9-,10+,11-,12?/m1/s1. The van der Waals surface area contributed by atoms with Crippen LogP contribution >= 0.6 is 0 Å². The zero-order chi connectivity index (χ0) is 12.3. The molecule has 0 aromatic heterocycles. The molecule has 0 spiro atoms. The van der Waals surface area contributed by atoms with Crippen LogP contribution in [0, 0.1) is 0 Å². The van der Waals surface area contributed by atoms with Crippen LogP contribution in [0.25, 0.3) is 0 Å². The lowest BCUT2D eigenvalue weighted by molar-refractivity contribution is -0.273.